The Morgan fingerprint density at radius 2 is 1.92 bits per heavy atom. The van der Waals surface area contributed by atoms with Gasteiger partial charge in [0.15, 0.2) is 5.96 Å². The summed E-state index contributed by atoms with van der Waals surface area (Å²) in [6.45, 7) is 0.885. The topological polar surface area (TPSA) is 54.2 Å². The fourth-order valence-electron chi connectivity index (χ4n) is 2.08. The van der Waals surface area contributed by atoms with Crippen molar-refractivity contribution in [1.29, 1.82) is 0 Å². The van der Waals surface area contributed by atoms with Crippen LogP contribution in [0.4, 0.5) is 13.2 Å². The lowest BCUT2D eigenvalue weighted by molar-refractivity contribution is -0.132. The van der Waals surface area contributed by atoms with Crippen LogP contribution < -0.4 is 10.6 Å². The molecule has 0 fully saturated rings. The molecule has 1 aromatic heterocycles. The molecule has 130 valence electrons. The van der Waals surface area contributed by atoms with Gasteiger partial charge in [-0.1, -0.05) is 30.3 Å². The number of benzene rings is 1. The molecule has 0 aliphatic heterocycles. The molecular formula is C16H20F3N5. The summed E-state index contributed by atoms with van der Waals surface area (Å²) in [6, 6.07) is 9.94. The zero-order valence-electron chi connectivity index (χ0n) is 13.3. The van der Waals surface area contributed by atoms with Crippen LogP contribution >= 0.6 is 0 Å². The summed E-state index contributed by atoms with van der Waals surface area (Å²) in [6.07, 6.45) is -1.46. The molecule has 8 heteroatoms. The van der Waals surface area contributed by atoms with Gasteiger partial charge in [0.25, 0.3) is 0 Å². The van der Waals surface area contributed by atoms with E-state index in [1.165, 1.54) is 7.05 Å². The summed E-state index contributed by atoms with van der Waals surface area (Å²) in [5, 5.41) is 9.88. The van der Waals surface area contributed by atoms with Crippen LogP contribution in [0.25, 0.3) is 0 Å². The average molecular weight is 339 g/mol. The highest BCUT2D eigenvalue weighted by Gasteiger charge is 2.26. The zero-order chi connectivity index (χ0) is 17.4. The monoisotopic (exact) mass is 339 g/mol. The minimum absolute atomic E-state index is 0.212. The average Bonchev–Trinajstić information content (AvgIpc) is 2.98. The van der Waals surface area contributed by atoms with Gasteiger partial charge in [0.05, 0.1) is 19.2 Å². The van der Waals surface area contributed by atoms with E-state index in [4.69, 9.17) is 0 Å². The van der Waals surface area contributed by atoms with Gasteiger partial charge in [0.1, 0.15) is 0 Å². The SMILES string of the molecule is CN=C(NCCC(F)(F)F)NCc1cnn(Cc2ccccc2)c1. The summed E-state index contributed by atoms with van der Waals surface area (Å²) < 4.78 is 38.2. The van der Waals surface area contributed by atoms with Crippen molar-refractivity contribution in [3.63, 3.8) is 0 Å². The second-order valence-corrected chi connectivity index (χ2v) is 5.25. The third-order valence-corrected chi connectivity index (χ3v) is 3.26. The molecule has 2 N–H and O–H groups in total. The Bertz CT molecular complexity index is 649. The molecule has 0 amide bonds. The van der Waals surface area contributed by atoms with Crippen LogP contribution in [0, 0.1) is 0 Å². The third-order valence-electron chi connectivity index (χ3n) is 3.26. The number of nitrogens with one attached hydrogen (secondary N) is 2. The van der Waals surface area contributed by atoms with E-state index >= 15 is 0 Å². The molecule has 0 aliphatic rings. The number of rotatable bonds is 6. The minimum atomic E-state index is -4.18. The van der Waals surface area contributed by atoms with Crippen LogP contribution in [0.1, 0.15) is 17.5 Å². The van der Waals surface area contributed by atoms with Gasteiger partial charge in [-0.15, -0.1) is 0 Å². The van der Waals surface area contributed by atoms with Gasteiger partial charge in [0.2, 0.25) is 0 Å². The van der Waals surface area contributed by atoms with Gasteiger partial charge in [-0.3, -0.25) is 9.67 Å². The predicted octanol–water partition coefficient (Wildman–Crippen LogP) is 2.55. The van der Waals surface area contributed by atoms with Crippen molar-refractivity contribution in [1.82, 2.24) is 20.4 Å². The fourth-order valence-corrected chi connectivity index (χ4v) is 2.08. The van der Waals surface area contributed by atoms with Crippen LogP contribution in [0.2, 0.25) is 0 Å². The normalized spacial score (nSPS) is 12.2. The standard InChI is InChI=1S/C16H20F3N5/c1-20-15(21-8-7-16(17,18)19)22-9-14-10-23-24(12-14)11-13-5-3-2-4-6-13/h2-6,10,12H,7-9,11H2,1H3,(H2,20,21,22). The van der Waals surface area contributed by atoms with Crippen LogP contribution in [-0.4, -0.2) is 35.5 Å². The van der Waals surface area contributed by atoms with Crippen molar-refractivity contribution in [2.45, 2.75) is 25.7 Å². The number of aromatic nitrogens is 2. The van der Waals surface area contributed by atoms with Crippen LogP contribution in [-0.2, 0) is 13.1 Å². The Balaban J connectivity index is 1.79. The first-order valence-corrected chi connectivity index (χ1v) is 7.53. The first kappa shape index (κ1) is 17.8. The van der Waals surface area contributed by atoms with Gasteiger partial charge in [-0.2, -0.15) is 18.3 Å². The van der Waals surface area contributed by atoms with Crippen LogP contribution in [0.3, 0.4) is 0 Å². The maximum absolute atomic E-state index is 12.1. The van der Waals surface area contributed by atoms with Crippen LogP contribution in [0.5, 0.6) is 0 Å². The Morgan fingerprint density at radius 1 is 1.17 bits per heavy atom. The van der Waals surface area contributed by atoms with E-state index in [9.17, 15) is 13.2 Å². The molecule has 1 heterocycles. The summed E-state index contributed by atoms with van der Waals surface area (Å²) in [7, 11) is 1.52. The Morgan fingerprint density at radius 3 is 2.58 bits per heavy atom. The largest absolute Gasteiger partial charge is 0.390 e. The number of nitrogens with zero attached hydrogens (tertiary/aromatic N) is 3. The quantitative estimate of drug-likeness (QED) is 0.628. The van der Waals surface area contributed by atoms with Crippen LogP contribution in [0.15, 0.2) is 47.7 Å². The van der Waals surface area contributed by atoms with Crippen molar-refractivity contribution in [2.24, 2.45) is 4.99 Å². The molecule has 0 atom stereocenters. The van der Waals surface area contributed by atoms with Crippen molar-refractivity contribution in [3.05, 3.63) is 53.9 Å². The third kappa shape index (κ3) is 6.31. The van der Waals surface area contributed by atoms with Crippen molar-refractivity contribution in [2.75, 3.05) is 13.6 Å². The Hall–Kier alpha value is -2.51. The zero-order valence-corrected chi connectivity index (χ0v) is 13.3. The number of hydrogen-bond donors (Lipinski definition) is 2. The van der Waals surface area contributed by atoms with Gasteiger partial charge in [0, 0.05) is 31.9 Å². The van der Waals surface area contributed by atoms with Gasteiger partial charge >= 0.3 is 6.18 Å². The van der Waals surface area contributed by atoms with E-state index < -0.39 is 12.6 Å². The predicted molar refractivity (Wildman–Crippen MR) is 86.6 cm³/mol. The van der Waals surface area contributed by atoms with E-state index in [1.807, 2.05) is 41.2 Å². The van der Waals surface area contributed by atoms with Gasteiger partial charge < -0.3 is 10.6 Å². The summed E-state index contributed by atoms with van der Waals surface area (Å²) >= 11 is 0. The molecule has 1 aromatic carbocycles. The minimum Gasteiger partial charge on any atom is -0.356 e. The van der Waals surface area contributed by atoms with E-state index in [2.05, 4.69) is 20.7 Å². The first-order valence-electron chi connectivity index (χ1n) is 7.53. The van der Waals surface area contributed by atoms with Gasteiger partial charge in [-0.25, -0.2) is 0 Å². The molecule has 0 aliphatic carbocycles. The van der Waals surface area contributed by atoms with Crippen molar-refractivity contribution < 1.29 is 13.2 Å². The molecule has 2 rings (SSSR count). The highest BCUT2D eigenvalue weighted by Crippen LogP contribution is 2.18. The first-order chi connectivity index (χ1) is 11.5. The highest BCUT2D eigenvalue weighted by molar-refractivity contribution is 5.79. The highest BCUT2D eigenvalue weighted by atomic mass is 19.4. The van der Waals surface area contributed by atoms with E-state index in [1.54, 1.807) is 6.20 Å². The number of alkyl halides is 3. The molecule has 0 bridgehead atoms. The molecule has 0 unspecified atom stereocenters. The lowest BCUT2D eigenvalue weighted by atomic mass is 10.2. The lowest BCUT2D eigenvalue weighted by Gasteiger charge is -2.12. The summed E-state index contributed by atoms with van der Waals surface area (Å²) in [5.41, 5.74) is 2.06. The molecular weight excluding hydrogens is 319 g/mol. The molecule has 2 aromatic rings. The molecule has 0 saturated heterocycles. The van der Waals surface area contributed by atoms with Crippen molar-refractivity contribution >= 4 is 5.96 Å². The summed E-state index contributed by atoms with van der Waals surface area (Å²) in [4.78, 5) is 3.90. The molecule has 5 nitrogen and oxygen atoms in total. The Kier molecular flexibility index (Phi) is 6.22. The fraction of sp³-hybridized carbons (Fsp3) is 0.375. The maximum atomic E-state index is 12.1. The Labute approximate surface area is 138 Å². The summed E-state index contributed by atoms with van der Waals surface area (Å²) in [5.74, 6) is 0.329. The number of hydrogen-bond acceptors (Lipinski definition) is 2. The molecule has 0 radical (unpaired) electrons. The number of halogens is 3. The van der Waals surface area contributed by atoms with E-state index in [-0.39, 0.29) is 6.54 Å². The number of guanidine groups is 1. The van der Waals surface area contributed by atoms with E-state index in [0.29, 0.717) is 19.0 Å². The lowest BCUT2D eigenvalue weighted by Crippen LogP contribution is -2.38. The maximum Gasteiger partial charge on any atom is 0.390 e. The smallest absolute Gasteiger partial charge is 0.356 e. The number of aliphatic imine (C=N–C) groups is 1. The second kappa shape index (κ2) is 8.37. The second-order valence-electron chi connectivity index (χ2n) is 5.25. The van der Waals surface area contributed by atoms with E-state index in [0.717, 1.165) is 11.1 Å². The molecule has 0 spiro atoms. The molecule has 24 heavy (non-hydrogen) atoms. The van der Waals surface area contributed by atoms with Crippen molar-refractivity contribution in [3.8, 4) is 0 Å². The van der Waals surface area contributed by atoms with Gasteiger partial charge in [-0.05, 0) is 5.56 Å². The molecule has 0 saturated carbocycles.